The monoisotopic (exact) mass is 522 g/mol. The Bertz CT molecular complexity index is 1100. The Morgan fingerprint density at radius 2 is 1.81 bits per heavy atom. The first kappa shape index (κ1) is 26.3. The number of hydrogen-bond acceptors (Lipinski definition) is 6. The fraction of sp³-hybridized carbons (Fsp3) is 0.423. The summed E-state index contributed by atoms with van der Waals surface area (Å²) in [7, 11) is 0. The van der Waals surface area contributed by atoms with Crippen LogP contribution >= 0.6 is 11.6 Å². The van der Waals surface area contributed by atoms with Crippen molar-refractivity contribution in [3.63, 3.8) is 0 Å². The summed E-state index contributed by atoms with van der Waals surface area (Å²) in [6, 6.07) is 15.4. The maximum absolute atomic E-state index is 12.3. The molecule has 0 unspecified atom stereocenters. The molecule has 0 radical (unpaired) electrons. The summed E-state index contributed by atoms with van der Waals surface area (Å²) in [5.41, 5.74) is 2.42. The summed E-state index contributed by atoms with van der Waals surface area (Å²) < 4.78 is 46.4. The lowest BCUT2D eigenvalue weighted by Gasteiger charge is -2.36. The van der Waals surface area contributed by atoms with Crippen LogP contribution < -0.4 is 9.64 Å². The van der Waals surface area contributed by atoms with E-state index in [1.54, 1.807) is 0 Å². The molecule has 0 bridgehead atoms. The Balaban J connectivity index is 1.21. The van der Waals surface area contributed by atoms with Gasteiger partial charge in [0.15, 0.2) is 5.76 Å². The van der Waals surface area contributed by atoms with Crippen LogP contribution in [-0.2, 0) is 6.54 Å². The number of hydrogen-bond donors (Lipinski definition) is 0. The molecule has 0 amide bonds. The van der Waals surface area contributed by atoms with Gasteiger partial charge >= 0.3 is 6.36 Å². The number of piperazine rings is 1. The molecule has 6 nitrogen and oxygen atoms in total. The highest BCUT2D eigenvalue weighted by Crippen LogP contribution is 2.27. The summed E-state index contributed by atoms with van der Waals surface area (Å²) >= 11 is 6.13. The summed E-state index contributed by atoms with van der Waals surface area (Å²) in [6.07, 6.45) is -3.66. The molecule has 1 aromatic heterocycles. The highest BCUT2D eigenvalue weighted by Gasteiger charge is 2.31. The first-order valence-electron chi connectivity index (χ1n) is 12.1. The quantitative estimate of drug-likeness (QED) is 0.329. The molecule has 2 aromatic carbocycles. The molecule has 1 aliphatic heterocycles. The lowest BCUT2D eigenvalue weighted by atomic mass is 10.1. The van der Waals surface area contributed by atoms with Crippen LogP contribution in [0.25, 0.3) is 11.3 Å². The van der Waals surface area contributed by atoms with Crippen molar-refractivity contribution in [2.24, 2.45) is 0 Å². The number of ether oxygens (including phenoxy) is 1. The molecule has 10 heteroatoms. The van der Waals surface area contributed by atoms with Gasteiger partial charge in [0.2, 0.25) is 0 Å². The maximum Gasteiger partial charge on any atom is 0.573 e. The fourth-order valence-electron chi connectivity index (χ4n) is 4.34. The molecular weight excluding hydrogens is 493 g/mol. The summed E-state index contributed by atoms with van der Waals surface area (Å²) in [4.78, 5) is 7.17. The SMILES string of the molecule is CCN(CCCN1CCN(c2cccc(Cl)c2)CC1)Cc1cc(-c2ccc(OC(F)(F)F)cc2)no1. The summed E-state index contributed by atoms with van der Waals surface area (Å²) in [5.74, 6) is 0.454. The molecule has 1 fully saturated rings. The van der Waals surface area contributed by atoms with Crippen molar-refractivity contribution < 1.29 is 22.4 Å². The van der Waals surface area contributed by atoms with Crippen LogP contribution in [0.2, 0.25) is 5.02 Å². The third kappa shape index (κ3) is 7.62. The molecule has 0 spiro atoms. The lowest BCUT2D eigenvalue weighted by Crippen LogP contribution is -2.47. The van der Waals surface area contributed by atoms with E-state index >= 15 is 0 Å². The van der Waals surface area contributed by atoms with E-state index in [2.05, 4.69) is 37.6 Å². The summed E-state index contributed by atoms with van der Waals surface area (Å²) in [6.45, 7) is 9.61. The van der Waals surface area contributed by atoms with Gasteiger partial charge in [-0.25, -0.2) is 0 Å². The number of anilines is 1. The third-order valence-electron chi connectivity index (χ3n) is 6.26. The number of aromatic nitrogens is 1. The lowest BCUT2D eigenvalue weighted by molar-refractivity contribution is -0.274. The van der Waals surface area contributed by atoms with Crippen molar-refractivity contribution in [1.82, 2.24) is 15.0 Å². The van der Waals surface area contributed by atoms with Crippen LogP contribution in [0.15, 0.2) is 59.1 Å². The van der Waals surface area contributed by atoms with E-state index in [-0.39, 0.29) is 5.75 Å². The Morgan fingerprint density at radius 3 is 2.47 bits per heavy atom. The minimum absolute atomic E-state index is 0.266. The van der Waals surface area contributed by atoms with Crippen LogP contribution in [-0.4, -0.2) is 67.1 Å². The van der Waals surface area contributed by atoms with Crippen LogP contribution in [0, 0.1) is 0 Å². The number of benzene rings is 2. The number of rotatable bonds is 10. The van der Waals surface area contributed by atoms with Gasteiger partial charge in [-0.3, -0.25) is 9.80 Å². The second-order valence-corrected chi connectivity index (χ2v) is 9.22. The average Bonchev–Trinajstić information content (AvgIpc) is 3.32. The van der Waals surface area contributed by atoms with Crippen LogP contribution in [0.4, 0.5) is 18.9 Å². The molecule has 4 rings (SSSR count). The smallest absolute Gasteiger partial charge is 0.406 e. The second kappa shape index (κ2) is 12.0. The van der Waals surface area contributed by atoms with E-state index in [9.17, 15) is 13.2 Å². The average molecular weight is 523 g/mol. The van der Waals surface area contributed by atoms with E-state index in [0.717, 1.165) is 63.0 Å². The highest BCUT2D eigenvalue weighted by atomic mass is 35.5. The minimum Gasteiger partial charge on any atom is -0.406 e. The van der Waals surface area contributed by atoms with Crippen LogP contribution in [0.5, 0.6) is 5.75 Å². The number of alkyl halides is 3. The second-order valence-electron chi connectivity index (χ2n) is 8.78. The number of nitrogens with zero attached hydrogens (tertiary/aromatic N) is 4. The maximum atomic E-state index is 12.3. The zero-order valence-corrected chi connectivity index (χ0v) is 20.9. The van der Waals surface area contributed by atoms with E-state index < -0.39 is 6.36 Å². The first-order valence-corrected chi connectivity index (χ1v) is 12.4. The minimum atomic E-state index is -4.71. The zero-order valence-electron chi connectivity index (χ0n) is 20.2. The zero-order chi connectivity index (χ0) is 25.5. The topological polar surface area (TPSA) is 45.0 Å². The molecule has 2 heterocycles. The Morgan fingerprint density at radius 1 is 1.06 bits per heavy atom. The predicted octanol–water partition coefficient (Wildman–Crippen LogP) is 5.93. The normalized spacial score (nSPS) is 15.0. The molecule has 3 aromatic rings. The molecule has 194 valence electrons. The first-order chi connectivity index (χ1) is 17.3. The number of halogens is 4. The fourth-order valence-corrected chi connectivity index (χ4v) is 4.53. The third-order valence-corrected chi connectivity index (χ3v) is 6.50. The highest BCUT2D eigenvalue weighted by molar-refractivity contribution is 6.30. The van der Waals surface area contributed by atoms with Gasteiger partial charge in [0, 0.05) is 48.5 Å². The molecule has 0 N–H and O–H groups in total. The molecule has 1 saturated heterocycles. The Labute approximate surface area is 214 Å². The van der Waals surface area contributed by atoms with Crippen molar-refractivity contribution in [3.05, 3.63) is 65.4 Å². The Kier molecular flexibility index (Phi) is 8.77. The molecule has 0 saturated carbocycles. The van der Waals surface area contributed by atoms with Gasteiger partial charge in [-0.15, -0.1) is 13.2 Å². The van der Waals surface area contributed by atoms with Gasteiger partial charge in [0.05, 0.1) is 6.54 Å². The van der Waals surface area contributed by atoms with Gasteiger partial charge in [0.25, 0.3) is 0 Å². The van der Waals surface area contributed by atoms with E-state index in [1.807, 2.05) is 24.3 Å². The van der Waals surface area contributed by atoms with Crippen molar-refractivity contribution in [2.45, 2.75) is 26.3 Å². The standard InChI is InChI=1S/C26H30ClF3N4O2/c1-2-32(11-4-12-33-13-15-34(16-14-33)22-6-3-5-21(27)17-22)19-24-18-25(31-36-24)20-7-9-23(10-8-20)35-26(28,29)30/h3,5-10,17-18H,2,4,11-16,19H2,1H3. The van der Waals surface area contributed by atoms with Gasteiger partial charge in [-0.1, -0.05) is 29.7 Å². The largest absolute Gasteiger partial charge is 0.573 e. The van der Waals surface area contributed by atoms with Crippen molar-refractivity contribution in [2.75, 3.05) is 50.7 Å². The van der Waals surface area contributed by atoms with E-state index in [0.29, 0.717) is 17.8 Å². The van der Waals surface area contributed by atoms with Crippen molar-refractivity contribution in [1.29, 1.82) is 0 Å². The Hall–Kier alpha value is -2.75. The van der Waals surface area contributed by atoms with E-state index in [1.165, 1.54) is 30.0 Å². The van der Waals surface area contributed by atoms with Gasteiger partial charge < -0.3 is 14.2 Å². The van der Waals surface area contributed by atoms with Crippen molar-refractivity contribution >= 4 is 17.3 Å². The van der Waals surface area contributed by atoms with E-state index in [4.69, 9.17) is 16.1 Å². The van der Waals surface area contributed by atoms with Crippen LogP contribution in [0.3, 0.4) is 0 Å². The molecule has 36 heavy (non-hydrogen) atoms. The van der Waals surface area contributed by atoms with Crippen molar-refractivity contribution in [3.8, 4) is 17.0 Å². The molecular formula is C26H30ClF3N4O2. The predicted molar refractivity (Wildman–Crippen MR) is 134 cm³/mol. The van der Waals surface area contributed by atoms with Crippen LogP contribution in [0.1, 0.15) is 19.1 Å². The molecule has 0 aliphatic carbocycles. The van der Waals surface area contributed by atoms with Gasteiger partial charge in [0.1, 0.15) is 11.4 Å². The van der Waals surface area contributed by atoms with Gasteiger partial charge in [-0.05, 0) is 68.5 Å². The summed E-state index contributed by atoms with van der Waals surface area (Å²) in [5, 5.41) is 4.85. The molecule has 0 atom stereocenters. The molecule has 1 aliphatic rings. The van der Waals surface area contributed by atoms with Gasteiger partial charge in [-0.2, -0.15) is 0 Å².